The highest BCUT2D eigenvalue weighted by atomic mass is 32.2. The lowest BCUT2D eigenvalue weighted by atomic mass is 9.93. The number of hydrogen-bond acceptors (Lipinski definition) is 6. The van der Waals surface area contributed by atoms with Crippen LogP contribution in [0.1, 0.15) is 46.4 Å². The molecule has 37 heavy (non-hydrogen) atoms. The number of carbonyl (C=O) groups is 2. The van der Waals surface area contributed by atoms with Crippen molar-refractivity contribution < 1.29 is 23.5 Å². The molecule has 1 aliphatic carbocycles. The average Bonchev–Trinajstić information content (AvgIpc) is 3.26. The van der Waals surface area contributed by atoms with Crippen LogP contribution in [0, 0.1) is 13.8 Å². The van der Waals surface area contributed by atoms with Crippen molar-refractivity contribution in [2.45, 2.75) is 57.7 Å². The molecular weight excluding hydrogens is 490 g/mol. The maximum absolute atomic E-state index is 12.9. The minimum absolute atomic E-state index is 0.212. The van der Waals surface area contributed by atoms with E-state index in [0.29, 0.717) is 16.9 Å². The van der Waals surface area contributed by atoms with E-state index in [1.165, 1.54) is 17.3 Å². The maximum atomic E-state index is 12.9. The van der Waals surface area contributed by atoms with Gasteiger partial charge in [0.1, 0.15) is 23.0 Å². The number of rotatable bonds is 8. The lowest BCUT2D eigenvalue weighted by molar-refractivity contribution is -0.141. The van der Waals surface area contributed by atoms with Gasteiger partial charge in [-0.05, 0) is 50.3 Å². The van der Waals surface area contributed by atoms with Crippen LogP contribution < -0.4 is 10.9 Å². The molecule has 192 valence electrons. The van der Waals surface area contributed by atoms with Gasteiger partial charge in [0.15, 0.2) is 0 Å². The first-order valence-corrected chi connectivity index (χ1v) is 13.6. The summed E-state index contributed by atoms with van der Waals surface area (Å²) in [6.45, 7) is 3.70. The molecule has 1 atom stereocenters. The number of benzene rings is 2. The highest BCUT2D eigenvalue weighted by molar-refractivity contribution is 7.98. The maximum Gasteiger partial charge on any atom is 0.340 e. The van der Waals surface area contributed by atoms with Crippen LogP contribution in [0.2, 0.25) is 0 Å². The molecule has 1 amide bonds. The van der Waals surface area contributed by atoms with Crippen molar-refractivity contribution in [1.29, 1.82) is 0 Å². The lowest BCUT2D eigenvalue weighted by Crippen LogP contribution is -2.43. The summed E-state index contributed by atoms with van der Waals surface area (Å²) in [5.74, 6) is 0.215. The Labute approximate surface area is 218 Å². The third-order valence-electron chi connectivity index (χ3n) is 7.09. The van der Waals surface area contributed by atoms with E-state index in [-0.39, 0.29) is 17.7 Å². The van der Waals surface area contributed by atoms with Gasteiger partial charge in [0.2, 0.25) is 5.91 Å². The number of fused-ring (bicyclic) bond motifs is 4. The molecular formula is C29H29NO6S. The second kappa shape index (κ2) is 10.5. The van der Waals surface area contributed by atoms with E-state index in [1.807, 2.05) is 50.2 Å². The zero-order valence-corrected chi connectivity index (χ0v) is 21.7. The molecule has 4 aromatic rings. The first-order chi connectivity index (χ1) is 17.8. The fourth-order valence-corrected chi connectivity index (χ4v) is 6.08. The molecule has 2 N–H and O–H groups in total. The van der Waals surface area contributed by atoms with E-state index < -0.39 is 23.5 Å². The fourth-order valence-electron chi connectivity index (χ4n) is 5.07. The molecule has 8 heteroatoms. The van der Waals surface area contributed by atoms with Gasteiger partial charge < -0.3 is 19.3 Å². The van der Waals surface area contributed by atoms with Gasteiger partial charge in [0, 0.05) is 39.8 Å². The van der Waals surface area contributed by atoms with Gasteiger partial charge in [-0.2, -0.15) is 11.8 Å². The molecule has 2 heterocycles. The molecule has 0 saturated heterocycles. The van der Waals surface area contributed by atoms with Crippen LogP contribution in [0.4, 0.5) is 0 Å². The summed E-state index contributed by atoms with van der Waals surface area (Å²) < 4.78 is 11.8. The van der Waals surface area contributed by atoms with Crippen LogP contribution in [-0.4, -0.2) is 28.8 Å². The summed E-state index contributed by atoms with van der Waals surface area (Å²) in [6.07, 6.45) is 3.82. The summed E-state index contributed by atoms with van der Waals surface area (Å²) in [5, 5.41) is 14.0. The first kappa shape index (κ1) is 25.1. The molecule has 0 spiro atoms. The van der Waals surface area contributed by atoms with Crippen LogP contribution in [0.15, 0.2) is 50.0 Å². The number of hydrogen-bond donors (Lipinski definition) is 2. The van der Waals surface area contributed by atoms with Crippen LogP contribution in [0.5, 0.6) is 0 Å². The molecule has 0 aliphatic heterocycles. The Bertz CT molecular complexity index is 1550. The van der Waals surface area contributed by atoms with Crippen LogP contribution in [0.3, 0.4) is 0 Å². The molecule has 2 aromatic heterocycles. The fraction of sp³-hybridized carbons (Fsp3) is 0.345. The SMILES string of the molecule is Cc1c(CC(=O)N[C@@H](CSCc2ccccc2)C(=O)O)c(=O)oc2c(C)c3oc4c(c3cc12)CCCC4. The largest absolute Gasteiger partial charge is 0.480 e. The Hall–Kier alpha value is -3.52. The van der Waals surface area contributed by atoms with E-state index in [0.717, 1.165) is 58.9 Å². The Morgan fingerprint density at radius 2 is 1.76 bits per heavy atom. The molecule has 0 unspecified atom stereocenters. The Kier molecular flexibility index (Phi) is 7.11. The van der Waals surface area contributed by atoms with E-state index in [2.05, 4.69) is 5.32 Å². The number of furan rings is 1. The van der Waals surface area contributed by atoms with Gasteiger partial charge in [0.05, 0.1) is 12.0 Å². The molecule has 1 aliphatic rings. The number of aliphatic carboxylic acids is 1. The number of carbonyl (C=O) groups excluding carboxylic acids is 1. The second-order valence-electron chi connectivity index (χ2n) is 9.59. The zero-order valence-electron chi connectivity index (χ0n) is 20.9. The predicted molar refractivity (Wildman–Crippen MR) is 144 cm³/mol. The molecule has 0 radical (unpaired) electrons. The van der Waals surface area contributed by atoms with Crippen LogP contribution in [0.25, 0.3) is 21.9 Å². The number of aryl methyl sites for hydroxylation is 4. The summed E-state index contributed by atoms with van der Waals surface area (Å²) in [4.78, 5) is 37.5. The van der Waals surface area contributed by atoms with Crippen molar-refractivity contribution >= 4 is 45.6 Å². The Morgan fingerprint density at radius 3 is 2.51 bits per heavy atom. The third-order valence-corrected chi connectivity index (χ3v) is 8.20. The van der Waals surface area contributed by atoms with E-state index in [1.54, 1.807) is 0 Å². The normalized spacial score (nSPS) is 14.0. The molecule has 0 bridgehead atoms. The van der Waals surface area contributed by atoms with Gasteiger partial charge in [-0.3, -0.25) is 4.79 Å². The van der Waals surface area contributed by atoms with Crippen LogP contribution >= 0.6 is 11.8 Å². The average molecular weight is 520 g/mol. The quantitative estimate of drug-likeness (QED) is 0.312. The lowest BCUT2D eigenvalue weighted by Gasteiger charge is -2.15. The van der Waals surface area contributed by atoms with Gasteiger partial charge in [0.25, 0.3) is 0 Å². The highest BCUT2D eigenvalue weighted by Gasteiger charge is 2.25. The molecule has 5 rings (SSSR count). The van der Waals surface area contributed by atoms with Gasteiger partial charge in [-0.25, -0.2) is 9.59 Å². The van der Waals surface area contributed by atoms with Crippen molar-refractivity contribution in [3.05, 3.63) is 80.4 Å². The van der Waals surface area contributed by atoms with Crippen molar-refractivity contribution in [2.75, 3.05) is 5.75 Å². The number of thioether (sulfide) groups is 1. The number of carboxylic acid groups (broad SMARTS) is 1. The summed E-state index contributed by atoms with van der Waals surface area (Å²) in [6, 6.07) is 10.7. The van der Waals surface area contributed by atoms with Crippen molar-refractivity contribution in [2.24, 2.45) is 0 Å². The second-order valence-corrected chi connectivity index (χ2v) is 10.6. The third kappa shape index (κ3) is 5.03. The first-order valence-electron chi connectivity index (χ1n) is 12.5. The zero-order chi connectivity index (χ0) is 26.1. The van der Waals surface area contributed by atoms with Crippen LogP contribution in [-0.2, 0) is 34.6 Å². The summed E-state index contributed by atoms with van der Waals surface area (Å²) in [5.41, 5.74) is 4.60. The predicted octanol–water partition coefficient (Wildman–Crippen LogP) is 5.08. The van der Waals surface area contributed by atoms with Crippen molar-refractivity contribution in [3.63, 3.8) is 0 Å². The van der Waals surface area contributed by atoms with E-state index >= 15 is 0 Å². The molecule has 7 nitrogen and oxygen atoms in total. The molecule has 2 aromatic carbocycles. The minimum atomic E-state index is -1.11. The van der Waals surface area contributed by atoms with Gasteiger partial charge in [-0.15, -0.1) is 0 Å². The monoisotopic (exact) mass is 519 g/mol. The Morgan fingerprint density at radius 1 is 1.03 bits per heavy atom. The highest BCUT2D eigenvalue weighted by Crippen LogP contribution is 2.37. The van der Waals surface area contributed by atoms with Crippen molar-refractivity contribution in [1.82, 2.24) is 5.32 Å². The van der Waals surface area contributed by atoms with E-state index in [9.17, 15) is 19.5 Å². The van der Waals surface area contributed by atoms with Gasteiger partial charge in [-0.1, -0.05) is 30.3 Å². The number of nitrogens with one attached hydrogen (secondary N) is 1. The minimum Gasteiger partial charge on any atom is -0.480 e. The number of carboxylic acids is 1. The number of amides is 1. The molecule has 0 fully saturated rings. The molecule has 0 saturated carbocycles. The van der Waals surface area contributed by atoms with E-state index in [4.69, 9.17) is 8.83 Å². The topological polar surface area (TPSA) is 110 Å². The summed E-state index contributed by atoms with van der Waals surface area (Å²) >= 11 is 1.43. The standard InChI is InChI=1S/C29H29NO6S/c1-16-20-12-22-19-10-6-7-11-24(19)35-27(22)17(2)26(20)36-29(34)21(16)13-25(31)30-23(28(32)33)15-37-14-18-8-4-3-5-9-18/h3-5,8-9,12,23H,6-7,10-11,13-15H2,1-2H3,(H,30,31)(H,32,33)/t23-/m0/s1. The summed E-state index contributed by atoms with van der Waals surface area (Å²) in [7, 11) is 0. The Balaban J connectivity index is 1.38. The van der Waals surface area contributed by atoms with Gasteiger partial charge >= 0.3 is 11.6 Å². The van der Waals surface area contributed by atoms with Crippen molar-refractivity contribution in [3.8, 4) is 0 Å². The smallest absolute Gasteiger partial charge is 0.340 e.